The molecular formula is C22H34N2O4. The summed E-state index contributed by atoms with van der Waals surface area (Å²) in [6, 6.07) is 3.72. The van der Waals surface area contributed by atoms with Crippen molar-refractivity contribution >= 4 is 11.8 Å². The van der Waals surface area contributed by atoms with E-state index in [1.807, 2.05) is 12.1 Å². The molecule has 2 amide bonds. The standard InChI is InChI=1S/C22H34N2O4/c1-2-12-23(22(26)18-8-4-3-5-9-18)17-21(25)24(15-19-10-6-13-27-19)16-20-11-7-14-28-20/h6,10,13,18,20H,2-5,7-9,11-12,14-17H2,1H3. The molecule has 2 heterocycles. The fourth-order valence-corrected chi connectivity index (χ4v) is 4.29. The number of hydrogen-bond acceptors (Lipinski definition) is 4. The average Bonchev–Trinajstić information content (AvgIpc) is 3.41. The van der Waals surface area contributed by atoms with Crippen molar-refractivity contribution < 1.29 is 18.7 Å². The normalized spacial score (nSPS) is 20.2. The zero-order valence-electron chi connectivity index (χ0n) is 17.1. The van der Waals surface area contributed by atoms with Crippen molar-refractivity contribution in [3.63, 3.8) is 0 Å². The van der Waals surface area contributed by atoms with E-state index in [9.17, 15) is 9.59 Å². The minimum Gasteiger partial charge on any atom is -0.467 e. The molecule has 1 aromatic heterocycles. The van der Waals surface area contributed by atoms with Gasteiger partial charge in [0, 0.05) is 25.6 Å². The molecule has 0 radical (unpaired) electrons. The minimum atomic E-state index is -0.0236. The van der Waals surface area contributed by atoms with Gasteiger partial charge in [-0.3, -0.25) is 9.59 Å². The van der Waals surface area contributed by atoms with Crippen molar-refractivity contribution in [3.8, 4) is 0 Å². The fraction of sp³-hybridized carbons (Fsp3) is 0.727. The number of carbonyl (C=O) groups excluding carboxylic acids is 2. The zero-order chi connectivity index (χ0) is 19.8. The van der Waals surface area contributed by atoms with E-state index in [0.29, 0.717) is 19.6 Å². The lowest BCUT2D eigenvalue weighted by molar-refractivity contribution is -0.144. The first kappa shape index (κ1) is 20.9. The second-order valence-corrected chi connectivity index (χ2v) is 8.08. The van der Waals surface area contributed by atoms with Crippen LogP contribution in [-0.4, -0.2) is 54.0 Å². The van der Waals surface area contributed by atoms with E-state index < -0.39 is 0 Å². The van der Waals surface area contributed by atoms with Crippen LogP contribution in [-0.2, 0) is 20.9 Å². The average molecular weight is 391 g/mol. The van der Waals surface area contributed by atoms with E-state index in [1.54, 1.807) is 16.1 Å². The van der Waals surface area contributed by atoms with Crippen LogP contribution in [0.15, 0.2) is 22.8 Å². The lowest BCUT2D eigenvalue weighted by Crippen LogP contribution is -2.47. The molecule has 2 aliphatic rings. The maximum absolute atomic E-state index is 13.2. The van der Waals surface area contributed by atoms with Crippen molar-refractivity contribution in [2.24, 2.45) is 5.92 Å². The van der Waals surface area contributed by atoms with Gasteiger partial charge in [-0.1, -0.05) is 26.2 Å². The third-order valence-corrected chi connectivity index (χ3v) is 5.81. The van der Waals surface area contributed by atoms with Crippen LogP contribution in [0.4, 0.5) is 0 Å². The Hall–Kier alpha value is -1.82. The Morgan fingerprint density at radius 1 is 1.11 bits per heavy atom. The molecule has 156 valence electrons. The first-order chi connectivity index (χ1) is 13.7. The Bertz CT molecular complexity index is 604. The second-order valence-electron chi connectivity index (χ2n) is 8.08. The minimum absolute atomic E-state index is 0.0236. The molecule has 1 unspecified atom stereocenters. The van der Waals surface area contributed by atoms with Gasteiger partial charge in [0.2, 0.25) is 11.8 Å². The predicted molar refractivity (Wildman–Crippen MR) is 107 cm³/mol. The van der Waals surface area contributed by atoms with E-state index in [-0.39, 0.29) is 30.4 Å². The molecule has 0 bridgehead atoms. The highest BCUT2D eigenvalue weighted by Gasteiger charge is 2.29. The summed E-state index contributed by atoms with van der Waals surface area (Å²) < 4.78 is 11.2. The van der Waals surface area contributed by atoms with Gasteiger partial charge < -0.3 is 19.0 Å². The summed E-state index contributed by atoms with van der Waals surface area (Å²) in [5.41, 5.74) is 0. The molecule has 3 rings (SSSR count). The summed E-state index contributed by atoms with van der Waals surface area (Å²) in [7, 11) is 0. The fourth-order valence-electron chi connectivity index (χ4n) is 4.29. The Morgan fingerprint density at radius 2 is 1.93 bits per heavy atom. The zero-order valence-corrected chi connectivity index (χ0v) is 17.1. The Balaban J connectivity index is 1.65. The topological polar surface area (TPSA) is 63.0 Å². The molecule has 1 aromatic rings. The first-order valence-electron chi connectivity index (χ1n) is 10.9. The van der Waals surface area contributed by atoms with Crippen LogP contribution in [0, 0.1) is 5.92 Å². The summed E-state index contributed by atoms with van der Waals surface area (Å²) >= 11 is 0. The Morgan fingerprint density at radius 3 is 2.57 bits per heavy atom. The maximum atomic E-state index is 13.2. The predicted octanol–water partition coefficient (Wildman–Crippen LogP) is 3.61. The second kappa shape index (κ2) is 10.6. The highest BCUT2D eigenvalue weighted by Crippen LogP contribution is 2.25. The number of carbonyl (C=O) groups is 2. The summed E-state index contributed by atoms with van der Waals surface area (Å²) in [4.78, 5) is 29.8. The van der Waals surface area contributed by atoms with Crippen molar-refractivity contribution in [3.05, 3.63) is 24.2 Å². The van der Waals surface area contributed by atoms with Gasteiger partial charge in [-0.25, -0.2) is 0 Å². The molecule has 1 saturated heterocycles. The molecule has 6 heteroatoms. The highest BCUT2D eigenvalue weighted by atomic mass is 16.5. The Kier molecular flexibility index (Phi) is 7.95. The maximum Gasteiger partial charge on any atom is 0.242 e. The molecule has 0 N–H and O–H groups in total. The molecular weight excluding hydrogens is 356 g/mol. The number of furan rings is 1. The van der Waals surface area contributed by atoms with Gasteiger partial charge in [0.05, 0.1) is 25.5 Å². The summed E-state index contributed by atoms with van der Waals surface area (Å²) in [5, 5.41) is 0. The SMILES string of the molecule is CCCN(CC(=O)N(Cc1ccco1)CC1CCCO1)C(=O)C1CCCCC1. The van der Waals surface area contributed by atoms with E-state index in [4.69, 9.17) is 9.15 Å². The van der Waals surface area contributed by atoms with Crippen LogP contribution in [0.25, 0.3) is 0 Å². The number of hydrogen-bond donors (Lipinski definition) is 0. The van der Waals surface area contributed by atoms with Crippen LogP contribution in [0.3, 0.4) is 0 Å². The van der Waals surface area contributed by atoms with Crippen molar-refractivity contribution in [2.75, 3.05) is 26.2 Å². The van der Waals surface area contributed by atoms with Crippen molar-refractivity contribution in [2.45, 2.75) is 70.9 Å². The third-order valence-electron chi connectivity index (χ3n) is 5.81. The molecule has 1 aliphatic carbocycles. The van der Waals surface area contributed by atoms with Crippen LogP contribution in [0.5, 0.6) is 0 Å². The van der Waals surface area contributed by atoms with Gasteiger partial charge >= 0.3 is 0 Å². The molecule has 0 spiro atoms. The smallest absolute Gasteiger partial charge is 0.242 e. The van der Waals surface area contributed by atoms with E-state index >= 15 is 0 Å². The molecule has 1 aliphatic heterocycles. The summed E-state index contributed by atoms with van der Waals surface area (Å²) in [6.45, 7) is 4.57. The van der Waals surface area contributed by atoms with Crippen molar-refractivity contribution in [1.29, 1.82) is 0 Å². The monoisotopic (exact) mass is 390 g/mol. The van der Waals surface area contributed by atoms with Crippen LogP contribution < -0.4 is 0 Å². The molecule has 28 heavy (non-hydrogen) atoms. The largest absolute Gasteiger partial charge is 0.467 e. The van der Waals surface area contributed by atoms with Crippen molar-refractivity contribution in [1.82, 2.24) is 9.80 Å². The lowest BCUT2D eigenvalue weighted by atomic mass is 9.88. The van der Waals surface area contributed by atoms with Gasteiger partial charge in [0.15, 0.2) is 0 Å². The number of amides is 2. The van der Waals surface area contributed by atoms with Gasteiger partial charge in [-0.2, -0.15) is 0 Å². The first-order valence-corrected chi connectivity index (χ1v) is 10.9. The quantitative estimate of drug-likeness (QED) is 0.646. The Labute approximate surface area is 168 Å². The highest BCUT2D eigenvalue weighted by molar-refractivity contribution is 5.86. The van der Waals surface area contributed by atoms with E-state index in [1.165, 1.54) is 6.42 Å². The molecule has 1 atom stereocenters. The van der Waals surface area contributed by atoms with Gasteiger partial charge in [-0.05, 0) is 44.2 Å². The van der Waals surface area contributed by atoms with Crippen LogP contribution in [0.1, 0.15) is 64.1 Å². The van der Waals surface area contributed by atoms with Crippen LogP contribution >= 0.6 is 0 Å². The lowest BCUT2D eigenvalue weighted by Gasteiger charge is -2.31. The molecule has 2 fully saturated rings. The van der Waals surface area contributed by atoms with E-state index in [0.717, 1.165) is 57.3 Å². The molecule has 0 aromatic carbocycles. The number of ether oxygens (including phenoxy) is 1. The third kappa shape index (κ3) is 5.84. The van der Waals surface area contributed by atoms with Gasteiger partial charge in [-0.15, -0.1) is 0 Å². The molecule has 6 nitrogen and oxygen atoms in total. The number of nitrogens with zero attached hydrogens (tertiary/aromatic N) is 2. The summed E-state index contributed by atoms with van der Waals surface area (Å²) in [5.74, 6) is 0.978. The van der Waals surface area contributed by atoms with Gasteiger partial charge in [0.1, 0.15) is 5.76 Å². The summed E-state index contributed by atoms with van der Waals surface area (Å²) in [6.07, 6.45) is 9.94. The van der Waals surface area contributed by atoms with E-state index in [2.05, 4.69) is 6.92 Å². The van der Waals surface area contributed by atoms with Gasteiger partial charge in [0.25, 0.3) is 0 Å². The molecule has 1 saturated carbocycles. The number of rotatable bonds is 9. The van der Waals surface area contributed by atoms with Crippen LogP contribution in [0.2, 0.25) is 0 Å².